The number of hydrogen-bond donors (Lipinski definition) is 2. The van der Waals surface area contributed by atoms with Gasteiger partial charge in [-0.2, -0.15) is 0 Å². The Balaban J connectivity index is 1.78. The summed E-state index contributed by atoms with van der Waals surface area (Å²) < 4.78 is 5.59. The smallest absolute Gasteiger partial charge is 0.216 e. The van der Waals surface area contributed by atoms with Crippen molar-refractivity contribution in [3.05, 3.63) is 17.3 Å². The van der Waals surface area contributed by atoms with Gasteiger partial charge in [-0.05, 0) is 33.7 Å². The number of aryl methyl sites for hydroxylation is 2. The predicted octanol–water partition coefficient (Wildman–Crippen LogP) is 1.23. The van der Waals surface area contributed by atoms with Crippen LogP contribution >= 0.6 is 0 Å². The molecule has 1 aliphatic heterocycles. The number of rotatable bonds is 7. The molecule has 2 rings (SSSR count). The number of guanidine groups is 1. The Morgan fingerprint density at radius 1 is 1.24 bits per heavy atom. The van der Waals surface area contributed by atoms with Gasteiger partial charge in [0.2, 0.25) is 5.89 Å². The summed E-state index contributed by atoms with van der Waals surface area (Å²) in [5, 5.41) is 6.73. The molecule has 1 aliphatic rings. The summed E-state index contributed by atoms with van der Waals surface area (Å²) in [7, 11) is 2.19. The highest BCUT2D eigenvalue weighted by atomic mass is 16.4. The lowest BCUT2D eigenvalue weighted by Crippen LogP contribution is -2.47. The highest BCUT2D eigenvalue weighted by molar-refractivity contribution is 5.79. The van der Waals surface area contributed by atoms with Crippen LogP contribution in [0.3, 0.4) is 0 Å². The first-order chi connectivity index (χ1) is 12.0. The molecule has 0 aliphatic carbocycles. The van der Waals surface area contributed by atoms with Crippen molar-refractivity contribution in [2.45, 2.75) is 34.2 Å². The van der Waals surface area contributed by atoms with Gasteiger partial charge in [0.1, 0.15) is 12.3 Å². The molecule has 0 amide bonds. The monoisotopic (exact) mass is 350 g/mol. The van der Waals surface area contributed by atoms with Gasteiger partial charge in [-0.3, -0.25) is 0 Å². The van der Waals surface area contributed by atoms with Crippen LogP contribution in [0, 0.1) is 19.8 Å². The van der Waals surface area contributed by atoms with E-state index in [9.17, 15) is 0 Å². The Kier molecular flexibility index (Phi) is 7.71. The van der Waals surface area contributed by atoms with E-state index in [0.29, 0.717) is 18.4 Å². The SMILES string of the molecule is CCNC(=NCc1nc(C)c(C)o1)NCC(C)CN1CCN(C)CC1. The average Bonchev–Trinajstić information content (AvgIpc) is 2.90. The van der Waals surface area contributed by atoms with Crippen LogP contribution in [-0.2, 0) is 6.54 Å². The van der Waals surface area contributed by atoms with Crippen molar-refractivity contribution in [2.75, 3.05) is 52.9 Å². The Bertz CT molecular complexity index is 528. The molecule has 0 radical (unpaired) electrons. The maximum atomic E-state index is 5.59. The lowest BCUT2D eigenvalue weighted by atomic mass is 10.1. The van der Waals surface area contributed by atoms with E-state index >= 15 is 0 Å². The maximum absolute atomic E-state index is 5.59. The van der Waals surface area contributed by atoms with Gasteiger partial charge in [0.25, 0.3) is 0 Å². The lowest BCUT2D eigenvalue weighted by molar-refractivity contribution is 0.139. The third-order valence-electron chi connectivity index (χ3n) is 4.57. The summed E-state index contributed by atoms with van der Waals surface area (Å²) in [4.78, 5) is 13.9. The second-order valence-corrected chi connectivity index (χ2v) is 7.03. The van der Waals surface area contributed by atoms with Gasteiger partial charge in [0.05, 0.1) is 5.69 Å². The summed E-state index contributed by atoms with van der Waals surface area (Å²) in [6.45, 7) is 16.2. The number of nitrogens with zero attached hydrogens (tertiary/aromatic N) is 4. The molecule has 1 unspecified atom stereocenters. The maximum Gasteiger partial charge on any atom is 0.216 e. The zero-order valence-electron chi connectivity index (χ0n) is 16.4. The Morgan fingerprint density at radius 2 is 1.96 bits per heavy atom. The van der Waals surface area contributed by atoms with E-state index in [2.05, 4.69) is 51.3 Å². The van der Waals surface area contributed by atoms with Crippen molar-refractivity contribution in [3.63, 3.8) is 0 Å². The van der Waals surface area contributed by atoms with Crippen molar-refractivity contribution < 1.29 is 4.42 Å². The van der Waals surface area contributed by atoms with E-state index in [-0.39, 0.29) is 0 Å². The van der Waals surface area contributed by atoms with Gasteiger partial charge in [0.15, 0.2) is 5.96 Å². The van der Waals surface area contributed by atoms with Gasteiger partial charge < -0.3 is 24.9 Å². The first-order valence-corrected chi connectivity index (χ1v) is 9.34. The fourth-order valence-corrected chi connectivity index (χ4v) is 2.90. The highest BCUT2D eigenvalue weighted by Gasteiger charge is 2.16. The molecule has 0 spiro atoms. The molecule has 2 heterocycles. The van der Waals surface area contributed by atoms with E-state index in [0.717, 1.165) is 50.1 Å². The number of aliphatic imine (C=N–C) groups is 1. The van der Waals surface area contributed by atoms with Crippen molar-refractivity contribution in [1.82, 2.24) is 25.4 Å². The zero-order valence-corrected chi connectivity index (χ0v) is 16.4. The minimum Gasteiger partial charge on any atom is -0.444 e. The van der Waals surface area contributed by atoms with Crippen LogP contribution < -0.4 is 10.6 Å². The van der Waals surface area contributed by atoms with Crippen LogP contribution in [0.4, 0.5) is 0 Å². The fraction of sp³-hybridized carbons (Fsp3) is 0.778. The van der Waals surface area contributed by atoms with Gasteiger partial charge in [-0.25, -0.2) is 9.98 Å². The molecule has 25 heavy (non-hydrogen) atoms. The van der Waals surface area contributed by atoms with Crippen molar-refractivity contribution >= 4 is 5.96 Å². The number of likely N-dealkylation sites (N-methyl/N-ethyl adjacent to an activating group) is 1. The van der Waals surface area contributed by atoms with E-state index in [1.165, 1.54) is 13.1 Å². The van der Waals surface area contributed by atoms with Crippen molar-refractivity contribution in [2.24, 2.45) is 10.9 Å². The lowest BCUT2D eigenvalue weighted by Gasteiger charge is -2.34. The number of piperazine rings is 1. The van der Waals surface area contributed by atoms with Gasteiger partial charge >= 0.3 is 0 Å². The number of aromatic nitrogens is 1. The average molecular weight is 351 g/mol. The summed E-state index contributed by atoms with van der Waals surface area (Å²) >= 11 is 0. The van der Waals surface area contributed by atoms with Crippen molar-refractivity contribution in [1.29, 1.82) is 0 Å². The summed E-state index contributed by atoms with van der Waals surface area (Å²) in [5.74, 6) is 2.92. The topological polar surface area (TPSA) is 68.9 Å². The minimum atomic E-state index is 0.455. The molecule has 7 heteroatoms. The molecule has 0 bridgehead atoms. The minimum absolute atomic E-state index is 0.455. The van der Waals surface area contributed by atoms with E-state index < -0.39 is 0 Å². The highest BCUT2D eigenvalue weighted by Crippen LogP contribution is 2.09. The first-order valence-electron chi connectivity index (χ1n) is 9.34. The molecule has 1 fully saturated rings. The van der Waals surface area contributed by atoms with Gasteiger partial charge in [-0.15, -0.1) is 0 Å². The first kappa shape index (κ1) is 19.7. The Morgan fingerprint density at radius 3 is 2.56 bits per heavy atom. The van der Waals surface area contributed by atoms with Gasteiger partial charge in [0, 0.05) is 45.8 Å². The molecule has 2 N–H and O–H groups in total. The molecule has 0 aromatic carbocycles. The molecule has 1 aromatic heterocycles. The quantitative estimate of drug-likeness (QED) is 0.569. The largest absolute Gasteiger partial charge is 0.444 e. The summed E-state index contributed by atoms with van der Waals surface area (Å²) in [5.41, 5.74) is 0.934. The van der Waals surface area contributed by atoms with Crippen molar-refractivity contribution in [3.8, 4) is 0 Å². The van der Waals surface area contributed by atoms with Crippen LogP contribution in [0.1, 0.15) is 31.2 Å². The normalized spacial score (nSPS) is 18.4. The predicted molar refractivity (Wildman–Crippen MR) is 102 cm³/mol. The Labute approximate surface area is 151 Å². The fourth-order valence-electron chi connectivity index (χ4n) is 2.90. The van der Waals surface area contributed by atoms with Crippen LogP contribution in [-0.4, -0.2) is 73.6 Å². The molecular weight excluding hydrogens is 316 g/mol. The standard InChI is InChI=1S/C18H34N6O/c1-6-19-18(21-12-17-22-15(3)16(4)25-17)20-11-14(2)13-24-9-7-23(5)8-10-24/h14H,6-13H2,1-5H3,(H2,19,20,21). The second-order valence-electron chi connectivity index (χ2n) is 7.03. The molecule has 1 saturated heterocycles. The molecule has 7 nitrogen and oxygen atoms in total. The molecule has 1 atom stereocenters. The van der Waals surface area contributed by atoms with Crippen LogP contribution in [0.25, 0.3) is 0 Å². The zero-order chi connectivity index (χ0) is 18.2. The van der Waals surface area contributed by atoms with E-state index in [4.69, 9.17) is 4.42 Å². The molecule has 1 aromatic rings. The third-order valence-corrected chi connectivity index (χ3v) is 4.57. The van der Waals surface area contributed by atoms with Crippen LogP contribution in [0.15, 0.2) is 9.41 Å². The second kappa shape index (κ2) is 9.77. The van der Waals surface area contributed by atoms with Crippen LogP contribution in [0.2, 0.25) is 0 Å². The molecule has 0 saturated carbocycles. The molecule has 142 valence electrons. The van der Waals surface area contributed by atoms with Gasteiger partial charge in [-0.1, -0.05) is 6.92 Å². The molecular formula is C18H34N6O. The number of hydrogen-bond acceptors (Lipinski definition) is 5. The number of oxazole rings is 1. The number of nitrogens with one attached hydrogen (secondary N) is 2. The summed E-state index contributed by atoms with van der Waals surface area (Å²) in [6.07, 6.45) is 0. The Hall–Kier alpha value is -1.60. The van der Waals surface area contributed by atoms with E-state index in [1.807, 2.05) is 13.8 Å². The summed E-state index contributed by atoms with van der Waals surface area (Å²) in [6, 6.07) is 0. The van der Waals surface area contributed by atoms with E-state index in [1.54, 1.807) is 0 Å². The van der Waals surface area contributed by atoms with Crippen LogP contribution in [0.5, 0.6) is 0 Å². The third kappa shape index (κ3) is 6.66.